The Morgan fingerprint density at radius 2 is 2.17 bits per heavy atom. The summed E-state index contributed by atoms with van der Waals surface area (Å²) >= 11 is 0. The van der Waals surface area contributed by atoms with Gasteiger partial charge in [-0.15, -0.1) is 0 Å². The predicted molar refractivity (Wildman–Crippen MR) is 66.2 cm³/mol. The van der Waals surface area contributed by atoms with Gasteiger partial charge in [0.05, 0.1) is 23.5 Å². The van der Waals surface area contributed by atoms with Gasteiger partial charge in [0.1, 0.15) is 0 Å². The second-order valence-electron chi connectivity index (χ2n) is 4.23. The smallest absolute Gasteiger partial charge is 0.335 e. The SMILES string of the molecule is CN1C2=NCCC(=O)N2c2ccc(C(=O)O)cc21. The molecule has 2 aliphatic heterocycles. The number of aromatic carboxylic acids is 1. The predicted octanol–water partition coefficient (Wildman–Crippen LogP) is 0.927. The second-order valence-corrected chi connectivity index (χ2v) is 4.23. The van der Waals surface area contributed by atoms with Crippen molar-refractivity contribution in [2.75, 3.05) is 23.4 Å². The van der Waals surface area contributed by atoms with Crippen LogP contribution in [0, 0.1) is 0 Å². The van der Waals surface area contributed by atoms with Crippen molar-refractivity contribution < 1.29 is 14.7 Å². The topological polar surface area (TPSA) is 73.2 Å². The first-order valence-electron chi connectivity index (χ1n) is 5.58. The zero-order valence-electron chi connectivity index (χ0n) is 9.75. The zero-order valence-corrected chi connectivity index (χ0v) is 9.75. The summed E-state index contributed by atoms with van der Waals surface area (Å²) in [6.07, 6.45) is 0.386. The Morgan fingerprint density at radius 3 is 2.89 bits per heavy atom. The van der Waals surface area contributed by atoms with E-state index < -0.39 is 5.97 Å². The molecule has 18 heavy (non-hydrogen) atoms. The number of aliphatic imine (C=N–C) groups is 1. The number of fused-ring (bicyclic) bond motifs is 3. The molecule has 0 spiro atoms. The third-order valence-corrected chi connectivity index (χ3v) is 3.15. The Bertz CT molecular complexity index is 594. The van der Waals surface area contributed by atoms with Gasteiger partial charge in [-0.1, -0.05) is 0 Å². The molecule has 1 aromatic rings. The van der Waals surface area contributed by atoms with Gasteiger partial charge in [0.25, 0.3) is 0 Å². The van der Waals surface area contributed by atoms with E-state index in [9.17, 15) is 9.59 Å². The second kappa shape index (κ2) is 3.56. The average Bonchev–Trinajstić information content (AvgIpc) is 2.64. The van der Waals surface area contributed by atoms with Gasteiger partial charge in [0, 0.05) is 13.5 Å². The van der Waals surface area contributed by atoms with Crippen LogP contribution < -0.4 is 9.80 Å². The first-order valence-corrected chi connectivity index (χ1v) is 5.58. The fraction of sp³-hybridized carbons (Fsp3) is 0.250. The number of hydrogen-bond acceptors (Lipinski definition) is 4. The van der Waals surface area contributed by atoms with Crippen LogP contribution >= 0.6 is 0 Å². The minimum Gasteiger partial charge on any atom is -0.478 e. The monoisotopic (exact) mass is 245 g/mol. The number of carbonyl (C=O) groups is 2. The maximum Gasteiger partial charge on any atom is 0.335 e. The van der Waals surface area contributed by atoms with E-state index in [1.807, 2.05) is 0 Å². The molecule has 2 aliphatic rings. The van der Waals surface area contributed by atoms with E-state index in [0.29, 0.717) is 30.3 Å². The van der Waals surface area contributed by atoms with E-state index in [2.05, 4.69) is 4.99 Å². The van der Waals surface area contributed by atoms with Gasteiger partial charge in [-0.3, -0.25) is 9.79 Å². The van der Waals surface area contributed by atoms with Crippen LogP contribution in [0.25, 0.3) is 0 Å². The highest BCUT2D eigenvalue weighted by atomic mass is 16.4. The van der Waals surface area contributed by atoms with Gasteiger partial charge in [-0.2, -0.15) is 0 Å². The maximum absolute atomic E-state index is 11.9. The third-order valence-electron chi connectivity index (χ3n) is 3.15. The Labute approximate surface area is 103 Å². The Kier molecular flexibility index (Phi) is 2.13. The van der Waals surface area contributed by atoms with Crippen molar-refractivity contribution in [2.45, 2.75) is 6.42 Å². The number of nitrogens with zero attached hydrogens (tertiary/aromatic N) is 3. The van der Waals surface area contributed by atoms with Crippen LogP contribution in [0.4, 0.5) is 11.4 Å². The molecule has 1 aromatic carbocycles. The van der Waals surface area contributed by atoms with Crippen molar-refractivity contribution in [2.24, 2.45) is 4.99 Å². The van der Waals surface area contributed by atoms with Crippen molar-refractivity contribution in [3.63, 3.8) is 0 Å². The Hall–Kier alpha value is -2.37. The lowest BCUT2D eigenvalue weighted by Crippen LogP contribution is -2.43. The summed E-state index contributed by atoms with van der Waals surface area (Å²) in [6.45, 7) is 0.481. The van der Waals surface area contributed by atoms with Crippen LogP contribution in [0.5, 0.6) is 0 Å². The van der Waals surface area contributed by atoms with Crippen molar-refractivity contribution in [1.29, 1.82) is 0 Å². The number of anilines is 2. The van der Waals surface area contributed by atoms with Crippen LogP contribution in [0.1, 0.15) is 16.8 Å². The van der Waals surface area contributed by atoms with Crippen LogP contribution in [-0.2, 0) is 4.79 Å². The van der Waals surface area contributed by atoms with Crippen LogP contribution in [0.15, 0.2) is 23.2 Å². The molecule has 0 fully saturated rings. The van der Waals surface area contributed by atoms with Gasteiger partial charge >= 0.3 is 5.97 Å². The van der Waals surface area contributed by atoms with Crippen molar-refractivity contribution >= 4 is 29.2 Å². The normalized spacial score (nSPS) is 17.4. The molecule has 0 atom stereocenters. The van der Waals surface area contributed by atoms with Crippen LogP contribution in [-0.4, -0.2) is 36.5 Å². The van der Waals surface area contributed by atoms with Crippen molar-refractivity contribution in [1.82, 2.24) is 0 Å². The summed E-state index contributed by atoms with van der Waals surface area (Å²) in [4.78, 5) is 30.5. The number of hydrogen-bond donors (Lipinski definition) is 1. The van der Waals surface area contributed by atoms with Crippen molar-refractivity contribution in [3.8, 4) is 0 Å². The van der Waals surface area contributed by atoms with Gasteiger partial charge < -0.3 is 10.0 Å². The highest BCUT2D eigenvalue weighted by Gasteiger charge is 2.36. The number of carboxylic acid groups (broad SMARTS) is 1. The lowest BCUT2D eigenvalue weighted by Gasteiger charge is -2.22. The molecule has 0 bridgehead atoms. The lowest BCUT2D eigenvalue weighted by atomic mass is 10.1. The molecule has 1 amide bonds. The third kappa shape index (κ3) is 1.32. The molecule has 6 nitrogen and oxygen atoms in total. The summed E-state index contributed by atoms with van der Waals surface area (Å²) in [5, 5.41) is 8.98. The number of carbonyl (C=O) groups excluding carboxylic acids is 1. The summed E-state index contributed by atoms with van der Waals surface area (Å²) in [5.41, 5.74) is 1.60. The maximum atomic E-state index is 11.9. The largest absolute Gasteiger partial charge is 0.478 e. The Morgan fingerprint density at radius 1 is 1.39 bits per heavy atom. The lowest BCUT2D eigenvalue weighted by molar-refractivity contribution is -0.117. The Balaban J connectivity index is 2.17. The van der Waals surface area contributed by atoms with E-state index >= 15 is 0 Å². The van der Waals surface area contributed by atoms with Gasteiger partial charge in [-0.25, -0.2) is 9.69 Å². The molecule has 1 N–H and O–H groups in total. The summed E-state index contributed by atoms with van der Waals surface area (Å²) in [5.74, 6) is -0.415. The summed E-state index contributed by atoms with van der Waals surface area (Å²) in [6, 6.07) is 4.71. The molecule has 0 saturated heterocycles. The van der Waals surface area contributed by atoms with E-state index in [-0.39, 0.29) is 11.5 Å². The summed E-state index contributed by atoms with van der Waals surface area (Å²) in [7, 11) is 1.78. The van der Waals surface area contributed by atoms with E-state index in [1.165, 1.54) is 6.07 Å². The van der Waals surface area contributed by atoms with Gasteiger partial charge in [0.2, 0.25) is 11.9 Å². The fourth-order valence-electron chi connectivity index (χ4n) is 2.27. The minimum absolute atomic E-state index is 0.00586. The molecule has 0 radical (unpaired) electrons. The molecule has 0 aliphatic carbocycles. The number of amides is 1. The van der Waals surface area contributed by atoms with Gasteiger partial charge in [-0.05, 0) is 18.2 Å². The number of benzene rings is 1. The molecule has 2 heterocycles. The molecular weight excluding hydrogens is 234 g/mol. The fourth-order valence-corrected chi connectivity index (χ4v) is 2.27. The summed E-state index contributed by atoms with van der Waals surface area (Å²) < 4.78 is 0. The molecule has 0 aromatic heterocycles. The molecule has 0 unspecified atom stereocenters. The van der Waals surface area contributed by atoms with Crippen molar-refractivity contribution in [3.05, 3.63) is 23.8 Å². The average molecular weight is 245 g/mol. The number of rotatable bonds is 1. The zero-order chi connectivity index (χ0) is 12.9. The highest BCUT2D eigenvalue weighted by molar-refractivity contribution is 6.29. The quantitative estimate of drug-likeness (QED) is 0.798. The molecule has 6 heteroatoms. The van der Waals surface area contributed by atoms with E-state index in [0.717, 1.165) is 0 Å². The van der Waals surface area contributed by atoms with Gasteiger partial charge in [0.15, 0.2) is 0 Å². The minimum atomic E-state index is -0.982. The number of carboxylic acids is 1. The van der Waals surface area contributed by atoms with Crippen LogP contribution in [0.2, 0.25) is 0 Å². The number of guanidine groups is 1. The van der Waals surface area contributed by atoms with Crippen LogP contribution in [0.3, 0.4) is 0 Å². The van der Waals surface area contributed by atoms with E-state index in [1.54, 1.807) is 29.0 Å². The molecule has 0 saturated carbocycles. The first kappa shape index (κ1) is 10.8. The standard InChI is InChI=1S/C12H11N3O3/c1-14-9-6-7(11(17)18)2-3-8(9)15-10(16)4-5-13-12(14)15/h2-3,6H,4-5H2,1H3,(H,17,18). The molecule has 92 valence electrons. The van der Waals surface area contributed by atoms with E-state index in [4.69, 9.17) is 5.11 Å². The molecule has 3 rings (SSSR count). The molecular formula is C12H11N3O3. The first-order chi connectivity index (χ1) is 8.59. The highest BCUT2D eigenvalue weighted by Crippen LogP contribution is 2.38.